The van der Waals surface area contributed by atoms with Gasteiger partial charge in [0.05, 0.1) is 16.1 Å². The second-order valence-electron chi connectivity index (χ2n) is 9.62. The number of hydrogen-bond donors (Lipinski definition) is 1. The van der Waals surface area contributed by atoms with E-state index >= 15 is 0 Å². The van der Waals surface area contributed by atoms with Crippen LogP contribution in [0.1, 0.15) is 33.9 Å². The van der Waals surface area contributed by atoms with E-state index in [4.69, 9.17) is 23.7 Å². The second kappa shape index (κ2) is 13.3. The largest absolute Gasteiger partial charge is 0.493 e. The first-order valence-electron chi connectivity index (χ1n) is 13.2. The number of hydrogen-bond acceptors (Lipinski definition) is 14. The Kier molecular flexibility index (Phi) is 9.53. The third-order valence-corrected chi connectivity index (χ3v) is 6.41. The van der Waals surface area contributed by atoms with Crippen molar-refractivity contribution in [2.24, 2.45) is 10.2 Å². The van der Waals surface area contributed by atoms with Crippen molar-refractivity contribution in [3.8, 4) is 5.88 Å². The van der Waals surface area contributed by atoms with Crippen molar-refractivity contribution in [1.82, 2.24) is 4.57 Å². The zero-order valence-corrected chi connectivity index (χ0v) is 23.9. The number of carbonyl (C=O) groups is 4. The van der Waals surface area contributed by atoms with E-state index in [-0.39, 0.29) is 17.1 Å². The molecule has 4 rings (SSSR count). The van der Waals surface area contributed by atoms with Gasteiger partial charge in [0, 0.05) is 45.2 Å². The van der Waals surface area contributed by atoms with E-state index in [1.165, 1.54) is 28.8 Å². The van der Waals surface area contributed by atoms with E-state index in [1.807, 2.05) is 0 Å². The normalized spacial score (nSPS) is 21.5. The number of para-hydroxylation sites is 1. The lowest BCUT2D eigenvalue weighted by atomic mass is 9.97. The van der Waals surface area contributed by atoms with Gasteiger partial charge in [-0.25, -0.2) is 0 Å². The Hall–Kier alpha value is -5.38. The van der Waals surface area contributed by atoms with Crippen molar-refractivity contribution < 1.29 is 52.9 Å². The van der Waals surface area contributed by atoms with Crippen LogP contribution in [0.25, 0.3) is 10.9 Å². The molecule has 0 saturated carbocycles. The molecule has 0 bridgehead atoms. The smallest absolute Gasteiger partial charge is 0.303 e. The highest BCUT2D eigenvalue weighted by Gasteiger charge is 2.53. The van der Waals surface area contributed by atoms with E-state index in [9.17, 15) is 34.4 Å². The maximum Gasteiger partial charge on any atom is 0.303 e. The monoisotopic (exact) mass is 612 g/mol. The van der Waals surface area contributed by atoms with Crippen molar-refractivity contribution in [2.75, 3.05) is 6.61 Å². The fraction of sp³-hybridized carbons (Fsp3) is 0.357. The van der Waals surface area contributed by atoms with Gasteiger partial charge in [-0.3, -0.25) is 33.9 Å². The minimum atomic E-state index is -1.49. The minimum Gasteiger partial charge on any atom is -0.493 e. The van der Waals surface area contributed by atoms with Crippen LogP contribution in [0.5, 0.6) is 5.88 Å². The molecule has 1 aliphatic rings. The number of rotatable bonds is 9. The van der Waals surface area contributed by atoms with E-state index in [2.05, 4.69) is 10.2 Å². The molecule has 1 saturated heterocycles. The highest BCUT2D eigenvalue weighted by Crippen LogP contribution is 2.45. The lowest BCUT2D eigenvalue weighted by Gasteiger charge is -2.44. The van der Waals surface area contributed by atoms with Gasteiger partial charge in [0.25, 0.3) is 5.69 Å². The number of azo groups is 1. The maximum absolute atomic E-state index is 12.3. The molecule has 0 spiro atoms. The fourth-order valence-corrected chi connectivity index (χ4v) is 4.75. The summed E-state index contributed by atoms with van der Waals surface area (Å²) in [7, 11) is 0. The second-order valence-corrected chi connectivity index (χ2v) is 9.62. The molecule has 0 unspecified atom stereocenters. The first kappa shape index (κ1) is 31.6. The Morgan fingerprint density at radius 1 is 0.864 bits per heavy atom. The number of aromatic hydroxyl groups is 1. The molecule has 2 aromatic carbocycles. The summed E-state index contributed by atoms with van der Waals surface area (Å²) >= 11 is 0. The molecule has 1 N–H and O–H groups in total. The van der Waals surface area contributed by atoms with Gasteiger partial charge in [0.1, 0.15) is 12.7 Å². The molecule has 16 heteroatoms. The number of benzene rings is 2. The van der Waals surface area contributed by atoms with Crippen LogP contribution in [-0.4, -0.2) is 69.5 Å². The molecule has 1 fully saturated rings. The topological polar surface area (TPSA) is 207 Å². The molecule has 0 amide bonds. The molecule has 1 aliphatic heterocycles. The third kappa shape index (κ3) is 6.97. The standard InChI is InChI=1S/C28H28N4O12/c1-14(33)40-13-22-24(41-15(2)34)25(42-16(3)35)26(43-17(4)36)28(44-22)31-21-8-6-5-7-20(21)23(27(31)37)30-29-18-9-11-19(12-10-18)32(38)39/h5-12,22,24-26,28,37H,13H2,1-4H3/t22-,24-,25-,26+,28-/m0/s1. The number of non-ortho nitro benzene ring substituents is 1. The quantitative estimate of drug-likeness (QED) is 0.120. The molecule has 44 heavy (non-hydrogen) atoms. The van der Waals surface area contributed by atoms with Crippen LogP contribution in [0, 0.1) is 10.1 Å². The van der Waals surface area contributed by atoms with Crippen LogP contribution in [0.15, 0.2) is 58.8 Å². The molecule has 232 valence electrons. The van der Waals surface area contributed by atoms with Crippen LogP contribution in [0.2, 0.25) is 0 Å². The van der Waals surface area contributed by atoms with Gasteiger partial charge in [-0.1, -0.05) is 18.2 Å². The lowest BCUT2D eigenvalue weighted by Crippen LogP contribution is -2.60. The SMILES string of the molecule is CC(=O)OC[C@@H]1O[C@H](n2c(O)c(N=Nc3ccc([N+](=O)[O-])cc3)c3ccccc32)[C@H](OC(C)=O)[C@@H](OC(C)=O)[C@H]1OC(C)=O. The molecule has 16 nitrogen and oxygen atoms in total. The Labute approximate surface area is 249 Å². The minimum absolute atomic E-state index is 0.0354. The van der Waals surface area contributed by atoms with E-state index in [0.717, 1.165) is 27.7 Å². The van der Waals surface area contributed by atoms with Gasteiger partial charge in [-0.15, -0.1) is 5.11 Å². The fourth-order valence-electron chi connectivity index (χ4n) is 4.75. The van der Waals surface area contributed by atoms with Gasteiger partial charge in [-0.05, 0) is 18.2 Å². The lowest BCUT2D eigenvalue weighted by molar-refractivity contribution is -0.384. The Bertz CT molecular complexity index is 1620. The number of nitro groups is 1. The van der Waals surface area contributed by atoms with Crippen molar-refractivity contribution in [3.63, 3.8) is 0 Å². The van der Waals surface area contributed by atoms with Crippen LogP contribution in [0.3, 0.4) is 0 Å². The zero-order valence-electron chi connectivity index (χ0n) is 23.9. The van der Waals surface area contributed by atoms with Gasteiger partial charge in [0.15, 0.2) is 30.2 Å². The van der Waals surface area contributed by atoms with Gasteiger partial charge >= 0.3 is 23.9 Å². The Balaban J connectivity index is 1.87. The zero-order chi connectivity index (χ0) is 32.1. The van der Waals surface area contributed by atoms with Crippen LogP contribution in [-0.2, 0) is 42.9 Å². The molecule has 1 aromatic heterocycles. The molecule has 0 aliphatic carbocycles. The molecule has 3 aromatic rings. The van der Waals surface area contributed by atoms with Crippen LogP contribution >= 0.6 is 0 Å². The predicted octanol–water partition coefficient (Wildman–Crippen LogP) is 3.93. The molecular formula is C28H28N4O12. The number of esters is 4. The summed E-state index contributed by atoms with van der Waals surface area (Å²) in [5.74, 6) is -3.59. The van der Waals surface area contributed by atoms with Gasteiger partial charge < -0.3 is 28.8 Å². The summed E-state index contributed by atoms with van der Waals surface area (Å²) in [4.78, 5) is 58.6. The number of fused-ring (bicyclic) bond motifs is 1. The van der Waals surface area contributed by atoms with Gasteiger partial charge in [-0.2, -0.15) is 5.11 Å². The number of nitrogens with zero attached hydrogens (tertiary/aromatic N) is 4. The van der Waals surface area contributed by atoms with Crippen LogP contribution < -0.4 is 0 Å². The highest BCUT2D eigenvalue weighted by molar-refractivity contribution is 5.95. The summed E-state index contributed by atoms with van der Waals surface area (Å²) in [6, 6.07) is 11.8. The number of carbonyl (C=O) groups excluding carboxylic acids is 4. The number of aromatic nitrogens is 1. The summed E-state index contributed by atoms with van der Waals surface area (Å²) in [6.45, 7) is 4.00. The van der Waals surface area contributed by atoms with Crippen molar-refractivity contribution in [2.45, 2.75) is 58.3 Å². The third-order valence-electron chi connectivity index (χ3n) is 6.41. The highest BCUT2D eigenvalue weighted by atomic mass is 16.7. The molecule has 0 radical (unpaired) electrons. The van der Waals surface area contributed by atoms with E-state index in [1.54, 1.807) is 24.3 Å². The Morgan fingerprint density at radius 3 is 2.05 bits per heavy atom. The average Bonchev–Trinajstić information content (AvgIpc) is 3.23. The molecule has 5 atom stereocenters. The maximum atomic E-state index is 12.3. The van der Waals surface area contributed by atoms with Gasteiger partial charge in [0.2, 0.25) is 5.88 Å². The van der Waals surface area contributed by atoms with Crippen molar-refractivity contribution in [3.05, 3.63) is 58.6 Å². The predicted molar refractivity (Wildman–Crippen MR) is 148 cm³/mol. The molecular weight excluding hydrogens is 584 g/mol. The first-order chi connectivity index (χ1) is 20.9. The summed E-state index contributed by atoms with van der Waals surface area (Å²) in [5.41, 5.74) is 0.390. The van der Waals surface area contributed by atoms with Crippen LogP contribution in [0.4, 0.5) is 17.1 Å². The number of ether oxygens (including phenoxy) is 5. The first-order valence-corrected chi connectivity index (χ1v) is 13.2. The average molecular weight is 613 g/mol. The van der Waals surface area contributed by atoms with E-state index in [0.29, 0.717) is 10.9 Å². The Morgan fingerprint density at radius 2 is 1.45 bits per heavy atom. The van der Waals surface area contributed by atoms with Crippen molar-refractivity contribution in [1.29, 1.82) is 0 Å². The number of nitro benzene ring substituents is 1. The van der Waals surface area contributed by atoms with E-state index < -0.39 is 71.9 Å². The summed E-state index contributed by atoms with van der Waals surface area (Å²) < 4.78 is 29.0. The van der Waals surface area contributed by atoms with Crippen molar-refractivity contribution >= 4 is 51.8 Å². The summed E-state index contributed by atoms with van der Waals surface area (Å²) in [5, 5.41) is 31.1. The molecule has 2 heterocycles. The summed E-state index contributed by atoms with van der Waals surface area (Å²) in [6.07, 6.45) is -7.04.